The Kier molecular flexibility index (Phi) is 11.9. The maximum absolute atomic E-state index is 12.7. The quantitative estimate of drug-likeness (QED) is 0.0302. The zero-order chi connectivity index (χ0) is 36.6. The smallest absolute Gasteiger partial charge is 0.326 e. The van der Waals surface area contributed by atoms with E-state index in [1.54, 1.807) is 12.1 Å². The van der Waals surface area contributed by atoms with Gasteiger partial charge < -0.3 is 41.5 Å². The first kappa shape index (κ1) is 37.1. The van der Waals surface area contributed by atoms with Crippen molar-refractivity contribution in [2.45, 2.75) is 49.6 Å². The zero-order valence-electron chi connectivity index (χ0n) is 26.9. The maximum Gasteiger partial charge on any atom is 0.326 e. The van der Waals surface area contributed by atoms with Crippen molar-refractivity contribution in [2.24, 2.45) is 16.5 Å². The van der Waals surface area contributed by atoms with Gasteiger partial charge in [0.15, 0.2) is 11.4 Å². The summed E-state index contributed by atoms with van der Waals surface area (Å²) in [6, 6.07) is 12.3. The first-order valence-electron chi connectivity index (χ1n) is 15.4. The number of fused-ring (bicyclic) bond motifs is 2. The van der Waals surface area contributed by atoms with Crippen LogP contribution in [0.1, 0.15) is 31.2 Å². The Morgan fingerprint density at radius 2 is 1.84 bits per heavy atom. The molecule has 1 fully saturated rings. The number of carboxylic acids is 1. The summed E-state index contributed by atoms with van der Waals surface area (Å²) in [4.78, 5) is 53.1. The number of nitrogens with two attached hydrogens (primary N) is 2. The molecule has 18 heteroatoms. The lowest BCUT2D eigenvalue weighted by Crippen LogP contribution is -2.52. The molecule has 2 heterocycles. The number of phenolic OH excluding ortho intramolecular Hbond substituents is 1. The van der Waals surface area contributed by atoms with Crippen LogP contribution in [0.4, 0.5) is 0 Å². The van der Waals surface area contributed by atoms with Gasteiger partial charge >= 0.3 is 5.97 Å². The molecule has 266 valence electrons. The normalized spacial score (nSPS) is 14.8. The number of aliphatic carboxylic acids is 1. The monoisotopic (exact) mass is 711 g/mol. The molecule has 8 N–H and O–H groups in total. The number of nitrogens with zero attached hydrogens (tertiary/aromatic N) is 3. The molecular formula is C32H37N7O10S. The Bertz CT molecular complexity index is 2030. The van der Waals surface area contributed by atoms with Crippen molar-refractivity contribution in [1.82, 2.24) is 14.9 Å². The minimum absolute atomic E-state index is 0.00104. The van der Waals surface area contributed by atoms with E-state index in [9.17, 15) is 43.0 Å². The van der Waals surface area contributed by atoms with Crippen molar-refractivity contribution < 1.29 is 42.2 Å². The molecule has 2 amide bonds. The molecule has 5 rings (SSSR count). The molecule has 0 saturated carbocycles. The van der Waals surface area contributed by atoms with Crippen molar-refractivity contribution in [3.63, 3.8) is 0 Å². The van der Waals surface area contributed by atoms with Crippen molar-refractivity contribution in [1.29, 1.82) is 0 Å². The van der Waals surface area contributed by atoms with Crippen molar-refractivity contribution >= 4 is 44.9 Å². The van der Waals surface area contributed by atoms with E-state index < -0.39 is 46.4 Å². The largest absolute Gasteiger partial charge is 0.618 e. The van der Waals surface area contributed by atoms with Gasteiger partial charge in [-0.15, -0.1) is 0 Å². The van der Waals surface area contributed by atoms with E-state index in [-0.39, 0.29) is 58.6 Å². The molecule has 2 aliphatic heterocycles. The number of amides is 2. The number of sulfonamides is 1. The van der Waals surface area contributed by atoms with Gasteiger partial charge in [-0.05, 0) is 56.9 Å². The highest BCUT2D eigenvalue weighted by molar-refractivity contribution is 7.89. The summed E-state index contributed by atoms with van der Waals surface area (Å²) >= 11 is 0. The molecule has 0 radical (unpaired) electrons. The number of likely N-dealkylation sites (tertiary alicyclic amines) is 1. The van der Waals surface area contributed by atoms with Crippen LogP contribution in [0.3, 0.4) is 0 Å². The number of carbonyl (C=O) groups is 3. The number of aryl methyl sites for hydroxylation is 1. The van der Waals surface area contributed by atoms with E-state index >= 15 is 0 Å². The molecule has 0 unspecified atom stereocenters. The van der Waals surface area contributed by atoms with Crippen LogP contribution in [0, 0.1) is 12.1 Å². The number of hydrogen-bond acceptors (Lipinski definition) is 10. The van der Waals surface area contributed by atoms with Crippen molar-refractivity contribution in [3.05, 3.63) is 81.7 Å². The minimum atomic E-state index is -3.89. The van der Waals surface area contributed by atoms with Crippen LogP contribution < -0.4 is 31.7 Å². The molecular weight excluding hydrogens is 674 g/mol. The molecule has 17 nitrogen and oxygen atoms in total. The predicted octanol–water partition coefficient (Wildman–Crippen LogP) is 0.124. The Morgan fingerprint density at radius 3 is 2.52 bits per heavy atom. The topological polar surface area (TPSA) is 275 Å². The number of phenols is 1. The first-order chi connectivity index (χ1) is 23.7. The van der Waals surface area contributed by atoms with Gasteiger partial charge in [0.05, 0.1) is 11.4 Å². The Hall–Kier alpha value is -5.75. The van der Waals surface area contributed by atoms with Crippen LogP contribution in [0.2, 0.25) is 0 Å². The molecule has 1 saturated heterocycles. The van der Waals surface area contributed by atoms with Crippen molar-refractivity contribution in [3.8, 4) is 17.2 Å². The van der Waals surface area contributed by atoms with E-state index in [2.05, 4.69) is 15.0 Å². The summed E-state index contributed by atoms with van der Waals surface area (Å²) in [5.41, 5.74) is 11.9. The number of rotatable bonds is 11. The second-order valence-corrected chi connectivity index (χ2v) is 13.2. The molecule has 0 spiro atoms. The summed E-state index contributed by atoms with van der Waals surface area (Å²) in [5, 5.41) is 33.1. The number of benzene rings is 3. The standard InChI is InChI=1S/C20H30N6O6S.C12H7NO4/c1-13-6-8-14(9-7-13)33(31,32)24-12-17(27)26-11-3-5-16(26)18(28)25-15(19(29)30)4-2-10-23-20(21)22;14-7-1-3-9-11(5-7)17-12-6-8(15)2-4-10(12)13(9)16/h6-9,15-16,24H,2-5,10-12H2,1H3,(H,25,28)(H,29,30)(H4,21,22,23);1-6,14H/t15-,16-;/m0./s1. The van der Waals surface area contributed by atoms with Crippen LogP contribution in [0.25, 0.3) is 22.6 Å². The van der Waals surface area contributed by atoms with E-state index in [0.29, 0.717) is 29.5 Å². The van der Waals surface area contributed by atoms with E-state index in [0.717, 1.165) is 5.56 Å². The third-order valence-corrected chi connectivity index (χ3v) is 9.13. The van der Waals surface area contributed by atoms with E-state index in [1.807, 2.05) is 6.92 Å². The van der Waals surface area contributed by atoms with Gasteiger partial charge in [0, 0.05) is 37.4 Å². The summed E-state index contributed by atoms with van der Waals surface area (Å²) in [6.45, 7) is 1.80. The molecule has 2 aromatic rings. The maximum atomic E-state index is 12.7. The molecule has 50 heavy (non-hydrogen) atoms. The fourth-order valence-corrected chi connectivity index (χ4v) is 6.14. The average molecular weight is 712 g/mol. The van der Waals surface area contributed by atoms with E-state index in [4.69, 9.17) is 15.9 Å². The van der Waals surface area contributed by atoms with Crippen LogP contribution in [0.15, 0.2) is 79.8 Å². The number of nitrogens with one attached hydrogen (secondary N) is 2. The van der Waals surface area contributed by atoms with Gasteiger partial charge in [0.25, 0.3) is 11.2 Å². The lowest BCUT2D eigenvalue weighted by atomic mass is 10.1. The second-order valence-electron chi connectivity index (χ2n) is 11.4. The fraction of sp³-hybridized carbons (Fsp3) is 0.312. The molecule has 2 aromatic carbocycles. The lowest BCUT2D eigenvalue weighted by Gasteiger charge is -2.25. The number of carboxylic acid groups (broad SMARTS) is 1. The van der Waals surface area contributed by atoms with Crippen molar-refractivity contribution in [2.75, 3.05) is 19.6 Å². The molecule has 2 atom stereocenters. The minimum Gasteiger partial charge on any atom is -0.618 e. The number of guanidine groups is 1. The SMILES string of the molecule is Cc1ccc(S(=O)(=O)NCC(=O)N2CCC[C@H]2C(=O)N[C@@H](CCCN=C(N)N)C(=O)O)cc1.O=c1ccc2[n+]([O-])c3ccc(O)cc3oc-2c1. The zero-order valence-corrected chi connectivity index (χ0v) is 27.8. The Balaban J connectivity index is 0.000000273. The molecule has 1 aliphatic carbocycles. The predicted molar refractivity (Wildman–Crippen MR) is 180 cm³/mol. The summed E-state index contributed by atoms with van der Waals surface area (Å²) < 4.78 is 33.2. The highest BCUT2D eigenvalue weighted by atomic mass is 32.2. The van der Waals surface area contributed by atoms with Gasteiger partial charge in [0.1, 0.15) is 17.8 Å². The number of aliphatic imine (C=N–C) groups is 1. The highest BCUT2D eigenvalue weighted by Crippen LogP contribution is 2.24. The van der Waals surface area contributed by atoms with Crippen LogP contribution in [0.5, 0.6) is 5.75 Å². The number of hydrogen-bond donors (Lipinski definition) is 6. The van der Waals surface area contributed by atoms with Gasteiger partial charge in [0.2, 0.25) is 33.2 Å². The first-order valence-corrected chi connectivity index (χ1v) is 16.9. The summed E-state index contributed by atoms with van der Waals surface area (Å²) in [5.74, 6) is -2.29. The summed E-state index contributed by atoms with van der Waals surface area (Å²) in [6.07, 6.45) is 1.33. The fourth-order valence-electron chi connectivity index (χ4n) is 5.17. The van der Waals surface area contributed by atoms with Gasteiger partial charge in [-0.1, -0.05) is 17.7 Å². The Morgan fingerprint density at radius 1 is 1.12 bits per heavy atom. The number of carbonyl (C=O) groups excluding carboxylic acids is 2. The van der Waals surface area contributed by atoms with Crippen LogP contribution in [-0.2, 0) is 24.4 Å². The lowest BCUT2D eigenvalue weighted by molar-refractivity contribution is -0.566. The average Bonchev–Trinajstić information content (AvgIpc) is 3.56. The van der Waals surface area contributed by atoms with Gasteiger partial charge in [-0.25, -0.2) is 17.9 Å². The molecule has 0 aromatic heterocycles. The van der Waals surface area contributed by atoms with E-state index in [1.165, 1.54) is 53.4 Å². The van der Waals surface area contributed by atoms with Gasteiger partial charge in [-0.3, -0.25) is 19.4 Å². The second kappa shape index (κ2) is 16.1. The number of aromatic nitrogens is 1. The summed E-state index contributed by atoms with van der Waals surface area (Å²) in [7, 11) is -3.89. The number of aromatic hydroxyl groups is 1. The van der Waals surface area contributed by atoms with Crippen LogP contribution in [-0.4, -0.2) is 79.0 Å². The van der Waals surface area contributed by atoms with Crippen LogP contribution >= 0.6 is 0 Å². The molecule has 0 bridgehead atoms. The van der Waals surface area contributed by atoms with Gasteiger partial charge in [-0.2, -0.15) is 4.73 Å². The Labute approximate surface area is 286 Å². The molecule has 3 aliphatic rings. The third kappa shape index (κ3) is 9.44. The highest BCUT2D eigenvalue weighted by Gasteiger charge is 2.36. The third-order valence-electron chi connectivity index (χ3n) is 7.71.